The zero-order chi connectivity index (χ0) is 37.5. The maximum atomic E-state index is 6.85. The Hall–Kier alpha value is -7.83. The highest BCUT2D eigenvalue weighted by Crippen LogP contribution is 2.45. The van der Waals surface area contributed by atoms with Crippen LogP contribution in [0.25, 0.3) is 122 Å². The lowest BCUT2D eigenvalue weighted by Crippen LogP contribution is -2.00. The van der Waals surface area contributed by atoms with Crippen molar-refractivity contribution in [1.29, 1.82) is 0 Å². The Kier molecular flexibility index (Phi) is 6.83. The first-order chi connectivity index (χ1) is 28.2. The van der Waals surface area contributed by atoms with E-state index in [4.69, 9.17) is 28.2 Å². The van der Waals surface area contributed by atoms with E-state index in [1.807, 2.05) is 97.1 Å². The van der Waals surface area contributed by atoms with Crippen LogP contribution in [-0.4, -0.2) is 15.0 Å². The van der Waals surface area contributed by atoms with E-state index in [-0.39, 0.29) is 0 Å². The first kappa shape index (κ1) is 31.5. The fraction of sp³-hybridized carbons (Fsp3) is 0. The summed E-state index contributed by atoms with van der Waals surface area (Å²) in [5.41, 5.74) is 11.5. The third-order valence-electron chi connectivity index (χ3n) is 10.9. The maximum Gasteiger partial charge on any atom is 0.164 e. The molecule has 0 atom stereocenters. The molecule has 0 aliphatic carbocycles. The van der Waals surface area contributed by atoms with Gasteiger partial charge in [-0.3, -0.25) is 0 Å². The minimum absolute atomic E-state index is 0.576. The number of nitrogens with zero attached hydrogens (tertiary/aromatic N) is 3. The number of benzene rings is 8. The predicted octanol–water partition coefficient (Wildman–Crippen LogP) is 13.9. The second-order valence-corrected chi connectivity index (χ2v) is 14.3. The lowest BCUT2D eigenvalue weighted by molar-refractivity contribution is 0.665. The molecule has 12 aromatic rings. The van der Waals surface area contributed by atoms with E-state index in [1.54, 1.807) is 0 Å². The van der Waals surface area contributed by atoms with Crippen molar-refractivity contribution in [3.05, 3.63) is 176 Å². The van der Waals surface area contributed by atoms with E-state index in [1.165, 1.54) is 0 Å². The van der Waals surface area contributed by atoms with E-state index in [9.17, 15) is 0 Å². The maximum absolute atomic E-state index is 6.85. The van der Waals surface area contributed by atoms with Crippen molar-refractivity contribution < 1.29 is 13.3 Å². The van der Waals surface area contributed by atoms with Crippen LogP contribution in [0.4, 0.5) is 0 Å². The van der Waals surface area contributed by atoms with Gasteiger partial charge in [0.25, 0.3) is 0 Å². The van der Waals surface area contributed by atoms with E-state index < -0.39 is 0 Å². The van der Waals surface area contributed by atoms with Gasteiger partial charge in [-0.2, -0.15) is 0 Å². The predicted molar refractivity (Wildman–Crippen MR) is 229 cm³/mol. The zero-order valence-corrected chi connectivity index (χ0v) is 30.3. The van der Waals surface area contributed by atoms with E-state index >= 15 is 0 Å². The van der Waals surface area contributed by atoms with Gasteiger partial charge in [0.15, 0.2) is 17.5 Å². The number of rotatable bonds is 5. The molecule has 6 heteroatoms. The summed E-state index contributed by atoms with van der Waals surface area (Å²) in [6.07, 6.45) is 0. The lowest BCUT2D eigenvalue weighted by Gasteiger charge is -2.09. The molecule has 0 saturated carbocycles. The number of para-hydroxylation sites is 4. The van der Waals surface area contributed by atoms with Crippen LogP contribution in [0.2, 0.25) is 0 Å². The fourth-order valence-corrected chi connectivity index (χ4v) is 8.24. The van der Waals surface area contributed by atoms with Gasteiger partial charge in [0, 0.05) is 65.7 Å². The van der Waals surface area contributed by atoms with Gasteiger partial charge in [-0.05, 0) is 42.0 Å². The van der Waals surface area contributed by atoms with Crippen LogP contribution in [0.1, 0.15) is 0 Å². The second kappa shape index (κ2) is 12.3. The molecule has 266 valence electrons. The Morgan fingerprint density at radius 3 is 1.39 bits per heavy atom. The summed E-state index contributed by atoms with van der Waals surface area (Å²) in [5, 5.41) is 6.27. The highest BCUT2D eigenvalue weighted by Gasteiger charge is 2.22. The largest absolute Gasteiger partial charge is 0.455 e. The van der Waals surface area contributed by atoms with Crippen molar-refractivity contribution in [3.63, 3.8) is 0 Å². The van der Waals surface area contributed by atoms with Crippen molar-refractivity contribution in [2.24, 2.45) is 0 Å². The molecule has 0 bridgehead atoms. The highest BCUT2D eigenvalue weighted by atomic mass is 16.3. The van der Waals surface area contributed by atoms with Crippen LogP contribution in [0.5, 0.6) is 0 Å². The molecule has 4 aromatic heterocycles. The Bertz CT molecular complexity index is 3470. The Morgan fingerprint density at radius 1 is 0.263 bits per heavy atom. The molecular weight excluding hydrogens is 703 g/mol. The highest BCUT2D eigenvalue weighted by molar-refractivity contribution is 6.17. The summed E-state index contributed by atoms with van der Waals surface area (Å²) in [7, 11) is 0. The molecule has 6 nitrogen and oxygen atoms in total. The zero-order valence-electron chi connectivity index (χ0n) is 30.3. The van der Waals surface area contributed by atoms with Gasteiger partial charge in [-0.25, -0.2) is 15.0 Å². The van der Waals surface area contributed by atoms with Gasteiger partial charge in [0.05, 0.1) is 0 Å². The lowest BCUT2D eigenvalue weighted by atomic mass is 9.94. The van der Waals surface area contributed by atoms with Crippen LogP contribution < -0.4 is 0 Å². The number of hydrogen-bond acceptors (Lipinski definition) is 6. The first-order valence-electron chi connectivity index (χ1n) is 18.9. The molecule has 0 saturated heterocycles. The third kappa shape index (κ3) is 5.01. The molecule has 0 radical (unpaired) electrons. The molecule has 0 spiro atoms. The Morgan fingerprint density at radius 2 is 0.737 bits per heavy atom. The first-order valence-corrected chi connectivity index (χ1v) is 18.9. The van der Waals surface area contributed by atoms with Crippen LogP contribution in [0, 0.1) is 0 Å². The van der Waals surface area contributed by atoms with Crippen molar-refractivity contribution in [2.75, 3.05) is 0 Å². The normalized spacial score (nSPS) is 11.9. The van der Waals surface area contributed by atoms with E-state index in [0.717, 1.165) is 105 Å². The van der Waals surface area contributed by atoms with Crippen LogP contribution in [0.3, 0.4) is 0 Å². The minimum Gasteiger partial charge on any atom is -0.455 e. The monoisotopic (exact) mass is 731 g/mol. The molecule has 0 aliphatic heterocycles. The van der Waals surface area contributed by atoms with Gasteiger partial charge in [0.2, 0.25) is 0 Å². The minimum atomic E-state index is 0.576. The molecule has 57 heavy (non-hydrogen) atoms. The molecule has 0 aliphatic rings. The number of aromatic nitrogens is 3. The summed E-state index contributed by atoms with van der Waals surface area (Å²) in [6, 6.07) is 59.7. The van der Waals surface area contributed by atoms with Gasteiger partial charge < -0.3 is 13.3 Å². The average molecular weight is 732 g/mol. The molecule has 0 N–H and O–H groups in total. The Balaban J connectivity index is 1.06. The molecule has 4 heterocycles. The number of furan rings is 3. The van der Waals surface area contributed by atoms with E-state index in [0.29, 0.717) is 17.5 Å². The van der Waals surface area contributed by atoms with Crippen LogP contribution in [0.15, 0.2) is 189 Å². The van der Waals surface area contributed by atoms with Gasteiger partial charge in [-0.15, -0.1) is 0 Å². The average Bonchev–Trinajstić information content (AvgIpc) is 3.98. The molecular formula is C51H29N3O3. The summed E-state index contributed by atoms with van der Waals surface area (Å²) < 4.78 is 20.0. The summed E-state index contributed by atoms with van der Waals surface area (Å²) in [6.45, 7) is 0. The third-order valence-corrected chi connectivity index (χ3v) is 10.9. The van der Waals surface area contributed by atoms with Crippen molar-refractivity contribution in [1.82, 2.24) is 15.0 Å². The van der Waals surface area contributed by atoms with Crippen molar-refractivity contribution in [2.45, 2.75) is 0 Å². The topological polar surface area (TPSA) is 78.1 Å². The quantitative estimate of drug-likeness (QED) is 0.175. The summed E-state index contributed by atoms with van der Waals surface area (Å²) >= 11 is 0. The van der Waals surface area contributed by atoms with Crippen molar-refractivity contribution in [3.8, 4) is 56.4 Å². The second-order valence-electron chi connectivity index (χ2n) is 14.3. The van der Waals surface area contributed by atoms with Gasteiger partial charge in [-0.1, -0.05) is 140 Å². The Labute approximate surface area is 325 Å². The van der Waals surface area contributed by atoms with Gasteiger partial charge >= 0.3 is 0 Å². The molecule has 0 amide bonds. The van der Waals surface area contributed by atoms with Gasteiger partial charge in [0.1, 0.15) is 33.5 Å². The SMILES string of the molecule is c1ccc(-c2nc(-c3ccccc3)nc(-c3ccc4c(c3)oc3c(-c5cc(-c6cccc7c6oc6ccccc67)c6oc7ccccc7c6c5)cccc34)n2)cc1. The fourth-order valence-electron chi connectivity index (χ4n) is 8.24. The molecule has 12 rings (SSSR count). The molecule has 0 fully saturated rings. The van der Waals surface area contributed by atoms with Crippen LogP contribution in [-0.2, 0) is 0 Å². The molecule has 8 aromatic carbocycles. The number of fused-ring (bicyclic) bond motifs is 9. The summed E-state index contributed by atoms with van der Waals surface area (Å²) in [4.78, 5) is 14.8. The van der Waals surface area contributed by atoms with Crippen molar-refractivity contribution >= 4 is 65.8 Å². The molecule has 0 unspecified atom stereocenters. The summed E-state index contributed by atoms with van der Waals surface area (Å²) in [5.74, 6) is 1.80. The standard InChI is InChI=1S/C51H29N3O3/c1-3-13-30(14-4-1)49-52-50(31-15-5-2-6-16-31)54-51(53-49)32-25-26-37-39-20-11-19-34(46(39)57-45(37)29-32)33-27-41-36-18-8-10-24-44(36)56-48(41)42(28-33)40-22-12-21-38-35-17-7-9-23-43(35)55-47(38)40/h1-29H. The van der Waals surface area contributed by atoms with E-state index in [2.05, 4.69) is 78.9 Å². The smallest absolute Gasteiger partial charge is 0.164 e. The van der Waals surface area contributed by atoms with Crippen LogP contribution >= 0.6 is 0 Å². The number of hydrogen-bond donors (Lipinski definition) is 0.